The van der Waals surface area contributed by atoms with Crippen LogP contribution in [0.15, 0.2) is 29.2 Å². The average molecular weight is 253 g/mol. The second kappa shape index (κ2) is 5.23. The highest BCUT2D eigenvalue weighted by molar-refractivity contribution is 7.98. The fourth-order valence-corrected chi connectivity index (χ4v) is 1.83. The van der Waals surface area contributed by atoms with Gasteiger partial charge in [-0.25, -0.2) is 4.79 Å². The lowest BCUT2D eigenvalue weighted by atomic mass is 10.1. The summed E-state index contributed by atoms with van der Waals surface area (Å²) < 4.78 is 0. The molecule has 0 aromatic heterocycles. The molecule has 0 heterocycles. The van der Waals surface area contributed by atoms with E-state index in [1.54, 1.807) is 12.1 Å². The second-order valence-electron chi connectivity index (χ2n) is 4.08. The van der Waals surface area contributed by atoms with Crippen LogP contribution in [0.1, 0.15) is 24.2 Å². The van der Waals surface area contributed by atoms with E-state index in [1.807, 2.05) is 18.4 Å². The number of carbonyl (C=O) groups excluding carboxylic acids is 1. The summed E-state index contributed by atoms with van der Waals surface area (Å²) >= 11 is 1.45. The molecule has 0 bridgehead atoms. The van der Waals surface area contributed by atoms with Gasteiger partial charge in [0.25, 0.3) is 5.91 Å². The molecule has 0 spiro atoms. The molecule has 1 rings (SSSR count). The summed E-state index contributed by atoms with van der Waals surface area (Å²) in [6.45, 7) is 2.91. The molecule has 0 aliphatic heterocycles. The molecule has 0 aliphatic carbocycles. The monoisotopic (exact) mass is 253 g/mol. The van der Waals surface area contributed by atoms with Crippen molar-refractivity contribution < 1.29 is 14.7 Å². The van der Waals surface area contributed by atoms with Crippen LogP contribution in [-0.4, -0.2) is 28.8 Å². The summed E-state index contributed by atoms with van der Waals surface area (Å²) in [5, 5.41) is 11.4. The van der Waals surface area contributed by atoms with E-state index in [1.165, 1.54) is 25.6 Å². The molecule has 0 saturated carbocycles. The summed E-state index contributed by atoms with van der Waals surface area (Å²) in [5.74, 6) is -1.44. The highest BCUT2D eigenvalue weighted by atomic mass is 32.2. The number of carboxylic acids is 1. The predicted molar refractivity (Wildman–Crippen MR) is 67.4 cm³/mol. The summed E-state index contributed by atoms with van der Waals surface area (Å²) in [6, 6.07) is 7.10. The van der Waals surface area contributed by atoms with Gasteiger partial charge in [0.1, 0.15) is 5.54 Å². The molecule has 1 amide bonds. The Morgan fingerprint density at radius 1 is 1.29 bits per heavy atom. The van der Waals surface area contributed by atoms with Gasteiger partial charge in [-0.3, -0.25) is 4.79 Å². The maximum atomic E-state index is 12.0. The van der Waals surface area contributed by atoms with Crippen molar-refractivity contribution in [3.05, 3.63) is 29.8 Å². The minimum atomic E-state index is -1.28. The molecule has 1 aromatic rings. The smallest absolute Gasteiger partial charge is 0.328 e. The highest BCUT2D eigenvalue weighted by Crippen LogP contribution is 2.20. The molecule has 1 aromatic carbocycles. The van der Waals surface area contributed by atoms with Gasteiger partial charge in [0.05, 0.1) is 5.56 Å². The van der Waals surface area contributed by atoms with Crippen LogP contribution in [0.5, 0.6) is 0 Å². The van der Waals surface area contributed by atoms with Crippen LogP contribution in [0.2, 0.25) is 0 Å². The molecule has 5 heteroatoms. The standard InChI is InChI=1S/C12H15NO3S/c1-12(2,11(15)16)13-10(14)8-6-4-5-7-9(8)17-3/h4-7H,1-3H3,(H,13,14)(H,15,16). The maximum absolute atomic E-state index is 12.0. The van der Waals surface area contributed by atoms with Crippen molar-refractivity contribution in [2.45, 2.75) is 24.3 Å². The molecular weight excluding hydrogens is 238 g/mol. The van der Waals surface area contributed by atoms with E-state index in [9.17, 15) is 9.59 Å². The fraction of sp³-hybridized carbons (Fsp3) is 0.333. The first kappa shape index (κ1) is 13.6. The zero-order chi connectivity index (χ0) is 13.1. The molecule has 2 N–H and O–H groups in total. The molecule has 0 unspecified atom stereocenters. The number of amides is 1. The quantitative estimate of drug-likeness (QED) is 0.805. The first-order valence-corrected chi connectivity index (χ1v) is 6.30. The second-order valence-corrected chi connectivity index (χ2v) is 4.93. The molecule has 0 radical (unpaired) electrons. The van der Waals surface area contributed by atoms with Crippen LogP contribution in [0.25, 0.3) is 0 Å². The van der Waals surface area contributed by atoms with E-state index < -0.39 is 11.5 Å². The topological polar surface area (TPSA) is 66.4 Å². The number of rotatable bonds is 4. The number of thioether (sulfide) groups is 1. The van der Waals surface area contributed by atoms with Gasteiger partial charge in [0, 0.05) is 4.90 Å². The van der Waals surface area contributed by atoms with Gasteiger partial charge in [-0.1, -0.05) is 12.1 Å². The summed E-state index contributed by atoms with van der Waals surface area (Å²) in [4.78, 5) is 23.7. The van der Waals surface area contributed by atoms with Crippen LogP contribution in [0.4, 0.5) is 0 Å². The van der Waals surface area contributed by atoms with Gasteiger partial charge in [-0.2, -0.15) is 0 Å². The van der Waals surface area contributed by atoms with Crippen molar-refractivity contribution in [2.75, 3.05) is 6.26 Å². The summed E-state index contributed by atoms with van der Waals surface area (Å²) in [7, 11) is 0. The Balaban J connectivity index is 2.94. The van der Waals surface area contributed by atoms with Crippen LogP contribution >= 0.6 is 11.8 Å². The first-order valence-electron chi connectivity index (χ1n) is 5.07. The van der Waals surface area contributed by atoms with Gasteiger partial charge >= 0.3 is 5.97 Å². The van der Waals surface area contributed by atoms with E-state index in [0.29, 0.717) is 5.56 Å². The third-order valence-corrected chi connectivity index (χ3v) is 3.11. The van der Waals surface area contributed by atoms with Crippen molar-refractivity contribution in [2.24, 2.45) is 0 Å². The van der Waals surface area contributed by atoms with E-state index in [4.69, 9.17) is 5.11 Å². The lowest BCUT2D eigenvalue weighted by Crippen LogP contribution is -2.49. The molecule has 0 atom stereocenters. The first-order chi connectivity index (χ1) is 7.88. The van der Waals surface area contributed by atoms with Crippen molar-refractivity contribution in [3.8, 4) is 0 Å². The Labute approximate surface area is 104 Å². The van der Waals surface area contributed by atoms with Crippen molar-refractivity contribution >= 4 is 23.6 Å². The minimum absolute atomic E-state index is 0.373. The summed E-state index contributed by atoms with van der Waals surface area (Å²) in [6.07, 6.45) is 1.87. The number of carbonyl (C=O) groups is 2. The fourth-order valence-electron chi connectivity index (χ4n) is 1.24. The van der Waals surface area contributed by atoms with Gasteiger partial charge < -0.3 is 10.4 Å². The number of carboxylic acid groups (broad SMARTS) is 1. The Morgan fingerprint density at radius 2 is 1.88 bits per heavy atom. The van der Waals surface area contributed by atoms with E-state index in [0.717, 1.165) is 4.90 Å². The lowest BCUT2D eigenvalue weighted by molar-refractivity contribution is -0.143. The Hall–Kier alpha value is -1.49. The predicted octanol–water partition coefficient (Wildman–Crippen LogP) is 2.00. The lowest BCUT2D eigenvalue weighted by Gasteiger charge is -2.21. The average Bonchev–Trinajstić information content (AvgIpc) is 2.28. The molecule has 0 aliphatic rings. The zero-order valence-corrected chi connectivity index (χ0v) is 10.8. The summed E-state index contributed by atoms with van der Waals surface area (Å²) in [5.41, 5.74) is -0.780. The molecular formula is C12H15NO3S. The Morgan fingerprint density at radius 3 is 2.41 bits per heavy atom. The third-order valence-electron chi connectivity index (χ3n) is 2.31. The van der Waals surface area contributed by atoms with Gasteiger partial charge in [0.2, 0.25) is 0 Å². The number of aliphatic carboxylic acids is 1. The molecule has 0 saturated heterocycles. The van der Waals surface area contributed by atoms with Crippen LogP contribution < -0.4 is 5.32 Å². The van der Waals surface area contributed by atoms with Crippen molar-refractivity contribution in [3.63, 3.8) is 0 Å². The molecule has 0 fully saturated rings. The molecule has 92 valence electrons. The van der Waals surface area contributed by atoms with Crippen LogP contribution in [0.3, 0.4) is 0 Å². The normalized spacial score (nSPS) is 11.0. The number of hydrogen-bond donors (Lipinski definition) is 2. The minimum Gasteiger partial charge on any atom is -0.480 e. The Bertz CT molecular complexity index is 443. The number of benzene rings is 1. The number of nitrogens with one attached hydrogen (secondary N) is 1. The number of hydrogen-bond acceptors (Lipinski definition) is 3. The molecule has 4 nitrogen and oxygen atoms in total. The van der Waals surface area contributed by atoms with Gasteiger partial charge in [0.15, 0.2) is 0 Å². The van der Waals surface area contributed by atoms with Crippen molar-refractivity contribution in [1.29, 1.82) is 0 Å². The Kier molecular flexibility index (Phi) is 4.17. The van der Waals surface area contributed by atoms with E-state index in [-0.39, 0.29) is 5.91 Å². The zero-order valence-electron chi connectivity index (χ0n) is 9.98. The van der Waals surface area contributed by atoms with Gasteiger partial charge in [-0.05, 0) is 32.2 Å². The highest BCUT2D eigenvalue weighted by Gasteiger charge is 2.29. The third kappa shape index (κ3) is 3.23. The van der Waals surface area contributed by atoms with Crippen molar-refractivity contribution in [1.82, 2.24) is 5.32 Å². The van der Waals surface area contributed by atoms with E-state index in [2.05, 4.69) is 5.32 Å². The van der Waals surface area contributed by atoms with Gasteiger partial charge in [-0.15, -0.1) is 11.8 Å². The maximum Gasteiger partial charge on any atom is 0.328 e. The van der Waals surface area contributed by atoms with Crippen LogP contribution in [0, 0.1) is 0 Å². The SMILES string of the molecule is CSc1ccccc1C(=O)NC(C)(C)C(=O)O. The van der Waals surface area contributed by atoms with Crippen LogP contribution in [-0.2, 0) is 4.79 Å². The largest absolute Gasteiger partial charge is 0.480 e. The molecule has 17 heavy (non-hydrogen) atoms. The van der Waals surface area contributed by atoms with E-state index >= 15 is 0 Å².